The first-order valence-electron chi connectivity index (χ1n) is 8.22. The molecule has 0 radical (unpaired) electrons. The molecule has 6 nitrogen and oxygen atoms in total. The van der Waals surface area contributed by atoms with Crippen molar-refractivity contribution in [1.82, 2.24) is 20.6 Å². The molecule has 2 N–H and O–H groups in total. The van der Waals surface area contributed by atoms with E-state index < -0.39 is 0 Å². The van der Waals surface area contributed by atoms with Crippen molar-refractivity contribution < 1.29 is 9.59 Å². The summed E-state index contributed by atoms with van der Waals surface area (Å²) in [4.78, 5) is 31.7. The van der Waals surface area contributed by atoms with Crippen LogP contribution in [0.5, 0.6) is 0 Å². The lowest BCUT2D eigenvalue weighted by Crippen LogP contribution is -2.35. The van der Waals surface area contributed by atoms with Gasteiger partial charge >= 0.3 is 0 Å². The molecule has 130 valence electrons. The number of nitrogens with zero attached hydrogens (tertiary/aromatic N) is 2. The second-order valence-corrected chi connectivity index (χ2v) is 5.55. The first-order valence-corrected chi connectivity index (χ1v) is 8.22. The van der Waals surface area contributed by atoms with Gasteiger partial charge in [0.1, 0.15) is 5.69 Å². The number of hydrogen-bond acceptors (Lipinski definition) is 4. The van der Waals surface area contributed by atoms with Gasteiger partial charge in [-0.2, -0.15) is 0 Å². The third-order valence-corrected chi connectivity index (χ3v) is 3.75. The van der Waals surface area contributed by atoms with Crippen molar-refractivity contribution in [3.63, 3.8) is 0 Å². The second-order valence-electron chi connectivity index (χ2n) is 5.55. The van der Waals surface area contributed by atoms with E-state index in [1.807, 2.05) is 42.5 Å². The van der Waals surface area contributed by atoms with Crippen molar-refractivity contribution in [2.24, 2.45) is 0 Å². The van der Waals surface area contributed by atoms with E-state index in [2.05, 4.69) is 20.6 Å². The maximum atomic E-state index is 12.2. The lowest BCUT2D eigenvalue weighted by molar-refractivity contribution is 0.0925. The summed E-state index contributed by atoms with van der Waals surface area (Å²) < 4.78 is 0. The van der Waals surface area contributed by atoms with E-state index in [-0.39, 0.29) is 17.5 Å². The lowest BCUT2D eigenvalue weighted by atomic mass is 10.0. The number of amides is 2. The highest BCUT2D eigenvalue weighted by atomic mass is 16.2. The fourth-order valence-corrected chi connectivity index (χ4v) is 2.41. The zero-order valence-corrected chi connectivity index (χ0v) is 14.1. The van der Waals surface area contributed by atoms with Gasteiger partial charge in [-0.15, -0.1) is 0 Å². The van der Waals surface area contributed by atoms with Gasteiger partial charge < -0.3 is 10.6 Å². The van der Waals surface area contributed by atoms with Gasteiger partial charge in [0.2, 0.25) is 0 Å². The standard InChI is InChI=1S/C20H18N4O2/c25-19(23-12-13-24-20(26)18-14-21-10-11-22-18)17-8-6-16(7-9-17)15-4-2-1-3-5-15/h1-11,14H,12-13H2,(H,23,25)(H,24,26). The summed E-state index contributed by atoms with van der Waals surface area (Å²) in [5, 5.41) is 5.46. The Hall–Kier alpha value is -3.54. The van der Waals surface area contributed by atoms with Crippen molar-refractivity contribution >= 4 is 11.8 Å². The summed E-state index contributed by atoms with van der Waals surface area (Å²) in [7, 11) is 0. The molecule has 0 saturated carbocycles. The largest absolute Gasteiger partial charge is 0.350 e. The van der Waals surface area contributed by atoms with Gasteiger partial charge in [0.25, 0.3) is 11.8 Å². The SMILES string of the molecule is O=C(NCCNC(=O)c1cnccn1)c1ccc(-c2ccccc2)cc1. The van der Waals surface area contributed by atoms with E-state index in [0.29, 0.717) is 18.7 Å². The second kappa shape index (κ2) is 8.53. The molecule has 0 bridgehead atoms. The van der Waals surface area contributed by atoms with Crippen LogP contribution in [0.2, 0.25) is 0 Å². The van der Waals surface area contributed by atoms with Crippen molar-refractivity contribution in [1.29, 1.82) is 0 Å². The summed E-state index contributed by atoms with van der Waals surface area (Å²) in [6, 6.07) is 17.4. The highest BCUT2D eigenvalue weighted by molar-refractivity contribution is 5.95. The van der Waals surface area contributed by atoms with Crippen molar-refractivity contribution in [3.05, 3.63) is 84.4 Å². The number of benzene rings is 2. The van der Waals surface area contributed by atoms with Crippen LogP contribution in [0.15, 0.2) is 73.2 Å². The average Bonchev–Trinajstić information content (AvgIpc) is 2.72. The molecule has 0 fully saturated rings. The Morgan fingerprint density at radius 3 is 2.08 bits per heavy atom. The molecule has 0 aliphatic rings. The van der Waals surface area contributed by atoms with Crippen molar-refractivity contribution in [2.45, 2.75) is 0 Å². The minimum absolute atomic E-state index is 0.182. The van der Waals surface area contributed by atoms with Crippen LogP contribution >= 0.6 is 0 Å². The number of carbonyl (C=O) groups excluding carboxylic acids is 2. The first kappa shape index (κ1) is 17.3. The van der Waals surface area contributed by atoms with Gasteiger partial charge in [0, 0.05) is 31.0 Å². The number of hydrogen-bond donors (Lipinski definition) is 2. The highest BCUT2D eigenvalue weighted by Gasteiger charge is 2.08. The van der Waals surface area contributed by atoms with Crippen LogP contribution in [0.3, 0.4) is 0 Å². The van der Waals surface area contributed by atoms with Crippen LogP contribution in [0.25, 0.3) is 11.1 Å². The molecular formula is C20H18N4O2. The van der Waals surface area contributed by atoms with Crippen molar-refractivity contribution in [2.75, 3.05) is 13.1 Å². The third kappa shape index (κ3) is 4.51. The van der Waals surface area contributed by atoms with E-state index in [9.17, 15) is 9.59 Å². The zero-order valence-electron chi connectivity index (χ0n) is 14.1. The van der Waals surface area contributed by atoms with E-state index in [4.69, 9.17) is 0 Å². The number of rotatable bonds is 6. The maximum Gasteiger partial charge on any atom is 0.271 e. The monoisotopic (exact) mass is 346 g/mol. The molecule has 0 spiro atoms. The lowest BCUT2D eigenvalue weighted by Gasteiger charge is -2.08. The smallest absolute Gasteiger partial charge is 0.271 e. The fourth-order valence-electron chi connectivity index (χ4n) is 2.41. The number of nitrogens with one attached hydrogen (secondary N) is 2. The molecule has 0 atom stereocenters. The van der Waals surface area contributed by atoms with E-state index >= 15 is 0 Å². The van der Waals surface area contributed by atoms with Crippen LogP contribution in [-0.4, -0.2) is 34.9 Å². The summed E-state index contributed by atoms with van der Waals surface area (Å²) in [6.45, 7) is 0.633. The molecule has 0 aliphatic carbocycles. The Balaban J connectivity index is 1.47. The average molecular weight is 346 g/mol. The summed E-state index contributed by atoms with van der Waals surface area (Å²) in [5.41, 5.74) is 2.98. The van der Waals surface area contributed by atoms with Gasteiger partial charge in [-0.25, -0.2) is 4.98 Å². The van der Waals surface area contributed by atoms with E-state index in [1.165, 1.54) is 18.6 Å². The van der Waals surface area contributed by atoms with Crippen LogP contribution < -0.4 is 10.6 Å². The predicted molar refractivity (Wildman–Crippen MR) is 98.6 cm³/mol. The Morgan fingerprint density at radius 2 is 1.42 bits per heavy atom. The van der Waals surface area contributed by atoms with E-state index in [0.717, 1.165) is 11.1 Å². The number of carbonyl (C=O) groups is 2. The minimum Gasteiger partial charge on any atom is -0.350 e. The van der Waals surface area contributed by atoms with Crippen LogP contribution in [0.4, 0.5) is 0 Å². The van der Waals surface area contributed by atoms with E-state index in [1.54, 1.807) is 12.1 Å². The molecule has 2 aromatic carbocycles. The van der Waals surface area contributed by atoms with Crippen LogP contribution in [0.1, 0.15) is 20.8 Å². The Bertz CT molecular complexity index is 865. The maximum absolute atomic E-state index is 12.2. The van der Waals surface area contributed by atoms with Gasteiger partial charge in [-0.3, -0.25) is 14.6 Å². The zero-order chi connectivity index (χ0) is 18.2. The summed E-state index contributed by atoms with van der Waals surface area (Å²) in [6.07, 6.45) is 4.35. The molecule has 1 heterocycles. The molecule has 3 aromatic rings. The first-order chi connectivity index (χ1) is 12.7. The Kier molecular flexibility index (Phi) is 5.67. The molecule has 0 aliphatic heterocycles. The predicted octanol–water partition coefficient (Wildman–Crippen LogP) is 2.30. The topological polar surface area (TPSA) is 84.0 Å². The molecule has 0 saturated heterocycles. The third-order valence-electron chi connectivity index (χ3n) is 3.75. The van der Waals surface area contributed by atoms with Gasteiger partial charge in [-0.05, 0) is 23.3 Å². The normalized spacial score (nSPS) is 10.2. The molecule has 1 aromatic heterocycles. The van der Waals surface area contributed by atoms with Gasteiger partial charge in [0.15, 0.2) is 0 Å². The molecule has 6 heteroatoms. The van der Waals surface area contributed by atoms with Gasteiger partial charge in [-0.1, -0.05) is 42.5 Å². The van der Waals surface area contributed by atoms with Crippen LogP contribution in [-0.2, 0) is 0 Å². The van der Waals surface area contributed by atoms with Crippen molar-refractivity contribution in [3.8, 4) is 11.1 Å². The number of aromatic nitrogens is 2. The van der Waals surface area contributed by atoms with Gasteiger partial charge in [0.05, 0.1) is 6.20 Å². The summed E-state index contributed by atoms with van der Waals surface area (Å²) in [5.74, 6) is -0.502. The molecule has 3 rings (SSSR count). The highest BCUT2D eigenvalue weighted by Crippen LogP contribution is 2.19. The minimum atomic E-state index is -0.320. The summed E-state index contributed by atoms with van der Waals surface area (Å²) >= 11 is 0. The van der Waals surface area contributed by atoms with Crippen LogP contribution in [0, 0.1) is 0 Å². The Labute approximate surface area is 151 Å². The molecule has 2 amide bonds. The Morgan fingerprint density at radius 1 is 0.769 bits per heavy atom. The fraction of sp³-hybridized carbons (Fsp3) is 0.100. The molecule has 26 heavy (non-hydrogen) atoms. The quantitative estimate of drug-likeness (QED) is 0.671. The molecule has 0 unspecified atom stereocenters. The molecular weight excluding hydrogens is 328 g/mol.